The van der Waals surface area contributed by atoms with E-state index in [1.165, 1.54) is 12.1 Å². The van der Waals surface area contributed by atoms with Crippen molar-refractivity contribution in [2.45, 2.75) is 12.6 Å². The van der Waals surface area contributed by atoms with E-state index in [-0.39, 0.29) is 11.9 Å². The van der Waals surface area contributed by atoms with Crippen molar-refractivity contribution in [3.63, 3.8) is 0 Å². The molecule has 2 aromatic rings. The quantitative estimate of drug-likeness (QED) is 0.873. The molecule has 1 aromatic heterocycles. The van der Waals surface area contributed by atoms with Gasteiger partial charge < -0.3 is 9.30 Å². The molecule has 1 atom stereocenters. The third-order valence-corrected chi connectivity index (χ3v) is 4.14. The van der Waals surface area contributed by atoms with Gasteiger partial charge in [-0.05, 0) is 17.7 Å². The molecule has 21 heavy (non-hydrogen) atoms. The van der Waals surface area contributed by atoms with Crippen LogP contribution >= 0.6 is 11.6 Å². The van der Waals surface area contributed by atoms with E-state index in [4.69, 9.17) is 16.3 Å². The first-order valence-electron chi connectivity index (χ1n) is 6.89. The molecule has 0 saturated carbocycles. The van der Waals surface area contributed by atoms with E-state index < -0.39 is 0 Å². The highest BCUT2D eigenvalue weighted by molar-refractivity contribution is 6.29. The molecular formula is C15H17ClFN3O. The van der Waals surface area contributed by atoms with Crippen molar-refractivity contribution in [3.8, 4) is 0 Å². The fourth-order valence-electron chi connectivity index (χ4n) is 2.50. The lowest BCUT2D eigenvalue weighted by Crippen LogP contribution is -2.38. The third kappa shape index (κ3) is 3.26. The van der Waals surface area contributed by atoms with Crippen molar-refractivity contribution in [1.29, 1.82) is 0 Å². The molecule has 0 spiro atoms. The lowest BCUT2D eigenvalue weighted by Gasteiger charge is -2.32. The lowest BCUT2D eigenvalue weighted by atomic mass is 10.1. The van der Waals surface area contributed by atoms with Gasteiger partial charge in [0.15, 0.2) is 0 Å². The molecule has 1 aliphatic rings. The number of rotatable bonds is 3. The number of imidazole rings is 1. The fourth-order valence-corrected chi connectivity index (χ4v) is 2.64. The molecule has 0 aliphatic carbocycles. The smallest absolute Gasteiger partial charge is 0.128 e. The van der Waals surface area contributed by atoms with Gasteiger partial charge in [0.25, 0.3) is 0 Å². The highest BCUT2D eigenvalue weighted by atomic mass is 35.5. The van der Waals surface area contributed by atoms with Crippen molar-refractivity contribution < 1.29 is 9.13 Å². The van der Waals surface area contributed by atoms with Crippen LogP contribution in [0.2, 0.25) is 5.15 Å². The van der Waals surface area contributed by atoms with E-state index in [1.54, 1.807) is 18.3 Å². The van der Waals surface area contributed by atoms with Crippen LogP contribution in [0.15, 0.2) is 30.5 Å². The van der Waals surface area contributed by atoms with E-state index in [9.17, 15) is 4.39 Å². The van der Waals surface area contributed by atoms with Gasteiger partial charge in [-0.25, -0.2) is 9.37 Å². The van der Waals surface area contributed by atoms with Crippen LogP contribution < -0.4 is 0 Å². The number of halogens is 2. The third-order valence-electron chi connectivity index (χ3n) is 3.79. The molecule has 2 heterocycles. The second-order valence-corrected chi connectivity index (χ2v) is 5.59. The van der Waals surface area contributed by atoms with Crippen LogP contribution in [0.3, 0.4) is 0 Å². The number of hydrogen-bond donors (Lipinski definition) is 0. The zero-order chi connectivity index (χ0) is 14.8. The standard InChI is InChI=1S/C15H17ClFN3O/c1-19-14(16)8-18-15(19)10-20-6-7-21-13(9-20)11-2-4-12(17)5-3-11/h2-5,8,13H,6-7,9-10H2,1H3. The predicted molar refractivity (Wildman–Crippen MR) is 78.6 cm³/mol. The molecule has 0 N–H and O–H groups in total. The highest BCUT2D eigenvalue weighted by Crippen LogP contribution is 2.23. The summed E-state index contributed by atoms with van der Waals surface area (Å²) in [5.41, 5.74) is 0.999. The van der Waals surface area contributed by atoms with E-state index in [1.807, 2.05) is 11.6 Å². The minimum atomic E-state index is -0.228. The number of morpholine rings is 1. The Morgan fingerprint density at radius 2 is 2.14 bits per heavy atom. The zero-order valence-electron chi connectivity index (χ0n) is 11.8. The highest BCUT2D eigenvalue weighted by Gasteiger charge is 2.23. The molecular weight excluding hydrogens is 293 g/mol. The molecule has 112 valence electrons. The number of nitrogens with zero attached hydrogens (tertiary/aromatic N) is 3. The van der Waals surface area contributed by atoms with Crippen LogP contribution in [0.25, 0.3) is 0 Å². The molecule has 1 aromatic carbocycles. The maximum atomic E-state index is 13.0. The van der Waals surface area contributed by atoms with Crippen molar-refractivity contribution >= 4 is 11.6 Å². The predicted octanol–water partition coefficient (Wildman–Crippen LogP) is 2.79. The van der Waals surface area contributed by atoms with Crippen molar-refractivity contribution in [1.82, 2.24) is 14.5 Å². The summed E-state index contributed by atoms with van der Waals surface area (Å²) in [4.78, 5) is 6.59. The van der Waals surface area contributed by atoms with Gasteiger partial charge in [0.2, 0.25) is 0 Å². The molecule has 1 aliphatic heterocycles. The van der Waals surface area contributed by atoms with Gasteiger partial charge in [0, 0.05) is 20.1 Å². The normalized spacial score (nSPS) is 19.9. The van der Waals surface area contributed by atoms with Crippen LogP contribution in [0.4, 0.5) is 4.39 Å². The molecule has 3 rings (SSSR count). The summed E-state index contributed by atoms with van der Waals surface area (Å²) in [5, 5.41) is 0.633. The molecule has 0 bridgehead atoms. The molecule has 1 saturated heterocycles. The summed E-state index contributed by atoms with van der Waals surface area (Å²) < 4.78 is 20.7. The van der Waals surface area contributed by atoms with E-state index >= 15 is 0 Å². The molecule has 0 radical (unpaired) electrons. The summed E-state index contributed by atoms with van der Waals surface area (Å²) in [6.07, 6.45) is 1.63. The second kappa shape index (κ2) is 6.13. The Kier molecular flexibility index (Phi) is 4.24. The van der Waals surface area contributed by atoms with Gasteiger partial charge in [-0.1, -0.05) is 23.7 Å². The summed E-state index contributed by atoms with van der Waals surface area (Å²) in [5.74, 6) is 0.703. The largest absolute Gasteiger partial charge is 0.371 e. The summed E-state index contributed by atoms with van der Waals surface area (Å²) in [6, 6.07) is 6.49. The van der Waals surface area contributed by atoms with Gasteiger partial charge in [-0.15, -0.1) is 0 Å². The average Bonchev–Trinajstić information content (AvgIpc) is 2.80. The van der Waals surface area contributed by atoms with Gasteiger partial charge in [0.05, 0.1) is 25.5 Å². The Morgan fingerprint density at radius 1 is 1.38 bits per heavy atom. The van der Waals surface area contributed by atoms with Crippen LogP contribution in [-0.4, -0.2) is 34.1 Å². The first kappa shape index (κ1) is 14.5. The van der Waals surface area contributed by atoms with E-state index in [2.05, 4.69) is 9.88 Å². The van der Waals surface area contributed by atoms with Gasteiger partial charge in [0.1, 0.15) is 16.8 Å². The number of benzene rings is 1. The SMILES string of the molecule is Cn1c(Cl)cnc1CN1CCOC(c2ccc(F)cc2)C1. The maximum absolute atomic E-state index is 13.0. The van der Waals surface area contributed by atoms with Gasteiger partial charge >= 0.3 is 0 Å². The van der Waals surface area contributed by atoms with Crippen LogP contribution in [0.1, 0.15) is 17.5 Å². The fraction of sp³-hybridized carbons (Fsp3) is 0.400. The van der Waals surface area contributed by atoms with Crippen LogP contribution in [-0.2, 0) is 18.3 Å². The number of hydrogen-bond acceptors (Lipinski definition) is 3. The van der Waals surface area contributed by atoms with Crippen LogP contribution in [0, 0.1) is 5.82 Å². The van der Waals surface area contributed by atoms with E-state index in [0.29, 0.717) is 11.8 Å². The number of aromatic nitrogens is 2. The number of ether oxygens (including phenoxy) is 1. The van der Waals surface area contributed by atoms with Gasteiger partial charge in [-0.2, -0.15) is 0 Å². The van der Waals surface area contributed by atoms with E-state index in [0.717, 1.165) is 31.0 Å². The summed E-state index contributed by atoms with van der Waals surface area (Å²) in [6.45, 7) is 2.99. The second-order valence-electron chi connectivity index (χ2n) is 5.20. The Hall–Kier alpha value is -1.43. The Morgan fingerprint density at radius 3 is 2.81 bits per heavy atom. The minimum Gasteiger partial charge on any atom is -0.371 e. The first-order chi connectivity index (χ1) is 10.1. The lowest BCUT2D eigenvalue weighted by molar-refractivity contribution is -0.0339. The zero-order valence-corrected chi connectivity index (χ0v) is 12.6. The molecule has 1 fully saturated rings. The molecule has 1 unspecified atom stereocenters. The Labute approximate surface area is 128 Å². The topological polar surface area (TPSA) is 30.3 Å². The molecule has 6 heteroatoms. The van der Waals surface area contributed by atoms with Crippen molar-refractivity contribution in [2.75, 3.05) is 19.7 Å². The Balaban J connectivity index is 1.68. The molecule has 4 nitrogen and oxygen atoms in total. The minimum absolute atomic E-state index is 0.0323. The summed E-state index contributed by atoms with van der Waals surface area (Å²) in [7, 11) is 1.91. The maximum Gasteiger partial charge on any atom is 0.128 e. The molecule has 0 amide bonds. The monoisotopic (exact) mass is 309 g/mol. The first-order valence-corrected chi connectivity index (χ1v) is 7.27. The van der Waals surface area contributed by atoms with Crippen LogP contribution in [0.5, 0.6) is 0 Å². The Bertz CT molecular complexity index is 614. The average molecular weight is 310 g/mol. The van der Waals surface area contributed by atoms with Crippen molar-refractivity contribution in [3.05, 3.63) is 52.8 Å². The summed E-state index contributed by atoms with van der Waals surface area (Å²) >= 11 is 6.01. The van der Waals surface area contributed by atoms with Crippen molar-refractivity contribution in [2.24, 2.45) is 7.05 Å². The van der Waals surface area contributed by atoms with Gasteiger partial charge in [-0.3, -0.25) is 4.90 Å².